The van der Waals surface area contributed by atoms with Gasteiger partial charge in [-0.2, -0.15) is 0 Å². The second-order valence-corrected chi connectivity index (χ2v) is 5.83. The predicted octanol–water partition coefficient (Wildman–Crippen LogP) is 4.63. The molecule has 2 aromatic carbocycles. The van der Waals surface area contributed by atoms with E-state index in [-0.39, 0.29) is 17.2 Å². The van der Waals surface area contributed by atoms with Gasteiger partial charge in [-0.3, -0.25) is 9.59 Å². The molecule has 3 aromatic rings. The van der Waals surface area contributed by atoms with Gasteiger partial charge in [0.05, 0.1) is 5.52 Å². The Morgan fingerprint density at radius 1 is 1.04 bits per heavy atom. The van der Waals surface area contributed by atoms with Gasteiger partial charge in [0, 0.05) is 27.9 Å². The van der Waals surface area contributed by atoms with Crippen molar-refractivity contribution in [2.75, 3.05) is 0 Å². The first-order valence-electron chi connectivity index (χ1n) is 6.75. The molecule has 4 nitrogen and oxygen atoms in total. The number of carbonyl (C=O) groups excluding carboxylic acids is 2. The summed E-state index contributed by atoms with van der Waals surface area (Å²) >= 11 is 11.9. The third-order valence-electron chi connectivity index (χ3n) is 3.27. The number of ether oxygens (including phenoxy) is 1. The smallest absolute Gasteiger partial charge is 0.308 e. The first-order valence-corrected chi connectivity index (χ1v) is 7.51. The van der Waals surface area contributed by atoms with Gasteiger partial charge in [-0.1, -0.05) is 35.3 Å². The highest BCUT2D eigenvalue weighted by Gasteiger charge is 2.22. The molecule has 0 aliphatic heterocycles. The zero-order valence-electron chi connectivity index (χ0n) is 12.0. The molecule has 23 heavy (non-hydrogen) atoms. The Bertz CT molecular complexity index is 931. The number of esters is 1. The lowest BCUT2D eigenvalue weighted by Crippen LogP contribution is -2.08. The van der Waals surface area contributed by atoms with E-state index >= 15 is 0 Å². The first-order chi connectivity index (χ1) is 11.0. The number of hydrogen-bond acceptors (Lipinski definition) is 3. The number of aromatic nitrogens is 1. The zero-order chi connectivity index (χ0) is 16.6. The molecule has 0 saturated carbocycles. The fourth-order valence-corrected chi connectivity index (χ4v) is 2.69. The van der Waals surface area contributed by atoms with Crippen LogP contribution in [-0.2, 0) is 4.79 Å². The van der Waals surface area contributed by atoms with E-state index in [0.29, 0.717) is 26.5 Å². The molecule has 1 heterocycles. The van der Waals surface area contributed by atoms with Crippen LogP contribution in [-0.4, -0.2) is 16.7 Å². The van der Waals surface area contributed by atoms with E-state index in [1.54, 1.807) is 42.5 Å². The average molecular weight is 348 g/mol. The third kappa shape index (κ3) is 3.09. The Hall–Kier alpha value is -2.30. The number of rotatable bonds is 3. The van der Waals surface area contributed by atoms with Crippen molar-refractivity contribution in [3.8, 4) is 5.75 Å². The molecular formula is C17H11Cl2NO3. The number of fused-ring (bicyclic) bond motifs is 1. The molecule has 6 heteroatoms. The lowest BCUT2D eigenvalue weighted by Gasteiger charge is -2.04. The number of ketones is 1. The van der Waals surface area contributed by atoms with Crippen LogP contribution in [0, 0.1) is 0 Å². The van der Waals surface area contributed by atoms with Crippen molar-refractivity contribution < 1.29 is 14.3 Å². The minimum atomic E-state index is -0.513. The maximum absolute atomic E-state index is 12.7. The predicted molar refractivity (Wildman–Crippen MR) is 89.5 cm³/mol. The zero-order valence-corrected chi connectivity index (χ0v) is 13.5. The van der Waals surface area contributed by atoms with Crippen LogP contribution in [0.1, 0.15) is 23.0 Å². The van der Waals surface area contributed by atoms with E-state index in [4.69, 9.17) is 27.9 Å². The van der Waals surface area contributed by atoms with Crippen LogP contribution >= 0.6 is 23.2 Å². The molecule has 1 aromatic heterocycles. The maximum Gasteiger partial charge on any atom is 0.308 e. The molecule has 0 saturated heterocycles. The first kappa shape index (κ1) is 15.6. The highest BCUT2D eigenvalue weighted by molar-refractivity contribution is 6.32. The second-order valence-electron chi connectivity index (χ2n) is 4.95. The SMILES string of the molecule is CC(=O)Oc1c(C(=O)c2cccc(Cl)c2)[nH]c2cc(Cl)ccc12. The number of nitrogens with one attached hydrogen (secondary N) is 1. The third-order valence-corrected chi connectivity index (χ3v) is 3.74. The van der Waals surface area contributed by atoms with Crippen LogP contribution in [0.3, 0.4) is 0 Å². The van der Waals surface area contributed by atoms with Crippen molar-refractivity contribution in [3.63, 3.8) is 0 Å². The molecule has 0 spiro atoms. The van der Waals surface area contributed by atoms with Crippen LogP contribution in [0.4, 0.5) is 0 Å². The van der Waals surface area contributed by atoms with E-state index < -0.39 is 5.97 Å². The number of aromatic amines is 1. The Morgan fingerprint density at radius 3 is 2.48 bits per heavy atom. The molecule has 116 valence electrons. The van der Waals surface area contributed by atoms with Crippen molar-refractivity contribution in [1.29, 1.82) is 0 Å². The highest BCUT2D eigenvalue weighted by Crippen LogP contribution is 2.33. The molecular weight excluding hydrogens is 337 g/mol. The van der Waals surface area contributed by atoms with Crippen molar-refractivity contribution in [2.45, 2.75) is 6.92 Å². The largest absolute Gasteiger partial charge is 0.424 e. The summed E-state index contributed by atoms with van der Waals surface area (Å²) in [5.41, 5.74) is 1.18. The molecule has 1 N–H and O–H groups in total. The summed E-state index contributed by atoms with van der Waals surface area (Å²) in [5, 5.41) is 1.56. The minimum Gasteiger partial charge on any atom is -0.424 e. The number of halogens is 2. The quantitative estimate of drug-likeness (QED) is 0.555. The second kappa shape index (κ2) is 6.07. The van der Waals surface area contributed by atoms with Gasteiger partial charge in [0.1, 0.15) is 5.69 Å². The average Bonchev–Trinajstić information content (AvgIpc) is 2.83. The summed E-state index contributed by atoms with van der Waals surface area (Å²) in [6.45, 7) is 1.28. The molecule has 3 rings (SSSR count). The lowest BCUT2D eigenvalue weighted by molar-refractivity contribution is -0.131. The normalized spacial score (nSPS) is 10.7. The Kier molecular flexibility index (Phi) is 4.11. The Morgan fingerprint density at radius 2 is 1.78 bits per heavy atom. The Balaban J connectivity index is 2.19. The molecule has 0 amide bonds. The summed E-state index contributed by atoms with van der Waals surface area (Å²) in [4.78, 5) is 27.1. The summed E-state index contributed by atoms with van der Waals surface area (Å²) < 4.78 is 5.24. The highest BCUT2D eigenvalue weighted by atomic mass is 35.5. The topological polar surface area (TPSA) is 59.2 Å². The fourth-order valence-electron chi connectivity index (χ4n) is 2.33. The van der Waals surface area contributed by atoms with E-state index in [0.717, 1.165) is 0 Å². The molecule has 0 fully saturated rings. The molecule has 0 unspecified atom stereocenters. The Labute approximate surface area is 142 Å². The monoisotopic (exact) mass is 347 g/mol. The van der Waals surface area contributed by atoms with Crippen molar-refractivity contribution in [1.82, 2.24) is 4.98 Å². The molecule has 0 aliphatic carbocycles. The van der Waals surface area contributed by atoms with E-state index in [1.807, 2.05) is 0 Å². The molecule has 0 bridgehead atoms. The standard InChI is InChI=1S/C17H11Cl2NO3/c1-9(21)23-17-13-6-5-12(19)8-14(13)20-15(17)16(22)10-3-2-4-11(18)7-10/h2-8,20H,1H3. The van der Waals surface area contributed by atoms with E-state index in [1.165, 1.54) is 6.92 Å². The summed E-state index contributed by atoms with van der Waals surface area (Å²) in [5.74, 6) is -0.647. The van der Waals surface area contributed by atoms with Crippen LogP contribution in [0.15, 0.2) is 42.5 Å². The summed E-state index contributed by atoms with van der Waals surface area (Å²) in [6.07, 6.45) is 0. The number of carbonyl (C=O) groups is 2. The fraction of sp³-hybridized carbons (Fsp3) is 0.0588. The number of hydrogen-bond donors (Lipinski definition) is 1. The molecule has 0 aliphatic rings. The van der Waals surface area contributed by atoms with E-state index in [9.17, 15) is 9.59 Å². The number of H-pyrrole nitrogens is 1. The van der Waals surface area contributed by atoms with Gasteiger partial charge in [-0.25, -0.2) is 0 Å². The van der Waals surface area contributed by atoms with Crippen molar-refractivity contribution in [2.24, 2.45) is 0 Å². The minimum absolute atomic E-state index is 0.180. The van der Waals surface area contributed by atoms with Gasteiger partial charge in [0.2, 0.25) is 5.78 Å². The summed E-state index contributed by atoms with van der Waals surface area (Å²) in [7, 11) is 0. The van der Waals surface area contributed by atoms with Crippen molar-refractivity contribution >= 4 is 45.9 Å². The van der Waals surface area contributed by atoms with Crippen molar-refractivity contribution in [3.05, 3.63) is 63.8 Å². The lowest BCUT2D eigenvalue weighted by atomic mass is 10.1. The van der Waals surface area contributed by atoms with Gasteiger partial charge in [0.15, 0.2) is 5.75 Å². The summed E-state index contributed by atoms with van der Waals surface area (Å²) in [6, 6.07) is 11.6. The molecule has 0 atom stereocenters. The van der Waals surface area contributed by atoms with Gasteiger partial charge >= 0.3 is 5.97 Å². The van der Waals surface area contributed by atoms with Crippen LogP contribution in [0.2, 0.25) is 10.0 Å². The van der Waals surface area contributed by atoms with Gasteiger partial charge in [-0.15, -0.1) is 0 Å². The van der Waals surface area contributed by atoms with Gasteiger partial charge < -0.3 is 9.72 Å². The van der Waals surface area contributed by atoms with Crippen LogP contribution in [0.25, 0.3) is 10.9 Å². The van der Waals surface area contributed by atoms with Gasteiger partial charge in [0.25, 0.3) is 0 Å². The number of benzene rings is 2. The maximum atomic E-state index is 12.7. The van der Waals surface area contributed by atoms with E-state index in [2.05, 4.69) is 4.98 Å². The van der Waals surface area contributed by atoms with Gasteiger partial charge in [-0.05, 0) is 30.3 Å². The molecule has 0 radical (unpaired) electrons. The van der Waals surface area contributed by atoms with Crippen LogP contribution < -0.4 is 4.74 Å². The van der Waals surface area contributed by atoms with Crippen LogP contribution in [0.5, 0.6) is 5.75 Å².